The molecule has 138 valence electrons. The average molecular weight is 390 g/mol. The average Bonchev–Trinajstić information content (AvgIpc) is 2.94. The van der Waals surface area contributed by atoms with Crippen LogP contribution in [0.3, 0.4) is 0 Å². The van der Waals surface area contributed by atoms with E-state index >= 15 is 0 Å². The van der Waals surface area contributed by atoms with Gasteiger partial charge < -0.3 is 4.42 Å². The summed E-state index contributed by atoms with van der Waals surface area (Å²) >= 11 is 0. The molecule has 0 N–H and O–H groups in total. The lowest BCUT2D eigenvalue weighted by Gasteiger charge is -2.10. The van der Waals surface area contributed by atoms with Crippen LogP contribution in [0.1, 0.15) is 11.1 Å². The monoisotopic (exact) mass is 390 g/mol. The molecule has 0 radical (unpaired) electrons. The molecule has 0 aliphatic carbocycles. The maximum absolute atomic E-state index is 14.2. The van der Waals surface area contributed by atoms with Crippen molar-refractivity contribution in [3.8, 4) is 23.0 Å². The van der Waals surface area contributed by atoms with Crippen molar-refractivity contribution in [3.63, 3.8) is 0 Å². The van der Waals surface area contributed by atoms with Gasteiger partial charge in [0, 0.05) is 11.8 Å². The second-order valence-corrected chi connectivity index (χ2v) is 7.83. The molecule has 0 unspecified atom stereocenters. The second kappa shape index (κ2) is 6.48. The molecular formula is C18H12F2N2O4S. The van der Waals surface area contributed by atoms with Gasteiger partial charge in [-0.15, -0.1) is 0 Å². The summed E-state index contributed by atoms with van der Waals surface area (Å²) in [5.74, 6) is -3.35. The van der Waals surface area contributed by atoms with Crippen LogP contribution in [0.5, 0.6) is 0 Å². The Morgan fingerprint density at radius 1 is 1.15 bits per heavy atom. The van der Waals surface area contributed by atoms with E-state index in [9.17, 15) is 22.0 Å². The van der Waals surface area contributed by atoms with E-state index < -0.39 is 32.1 Å². The van der Waals surface area contributed by atoms with Crippen molar-refractivity contribution in [3.05, 3.63) is 69.9 Å². The number of hydrogen-bond acceptors (Lipinski definition) is 5. The summed E-state index contributed by atoms with van der Waals surface area (Å²) in [6, 6.07) is 8.17. The van der Waals surface area contributed by atoms with E-state index in [2.05, 4.69) is 0 Å². The van der Waals surface area contributed by atoms with Crippen molar-refractivity contribution in [2.45, 2.75) is 11.8 Å². The van der Waals surface area contributed by atoms with Gasteiger partial charge >= 0.3 is 5.76 Å². The number of nitrogens with zero attached hydrogens (tertiary/aromatic N) is 2. The molecule has 3 rings (SSSR count). The molecule has 0 atom stereocenters. The Bertz CT molecular complexity index is 1240. The zero-order valence-corrected chi connectivity index (χ0v) is 15.0. The Morgan fingerprint density at radius 2 is 1.78 bits per heavy atom. The Balaban J connectivity index is 2.24. The van der Waals surface area contributed by atoms with Gasteiger partial charge in [0.1, 0.15) is 22.8 Å². The van der Waals surface area contributed by atoms with Crippen LogP contribution in [-0.2, 0) is 9.84 Å². The normalized spacial score (nSPS) is 11.4. The number of nitriles is 1. The van der Waals surface area contributed by atoms with Crippen LogP contribution >= 0.6 is 0 Å². The van der Waals surface area contributed by atoms with Gasteiger partial charge in [0.15, 0.2) is 9.84 Å². The first-order valence-corrected chi connectivity index (χ1v) is 9.43. The van der Waals surface area contributed by atoms with E-state index in [-0.39, 0.29) is 11.3 Å². The van der Waals surface area contributed by atoms with E-state index in [1.807, 2.05) is 6.07 Å². The molecule has 0 aliphatic rings. The summed E-state index contributed by atoms with van der Waals surface area (Å²) in [4.78, 5) is 11.1. The molecule has 9 heteroatoms. The topological polar surface area (TPSA) is 93.1 Å². The fourth-order valence-corrected chi connectivity index (χ4v) is 3.55. The number of rotatable bonds is 3. The smallest absolute Gasteiger partial charge is 0.415 e. The van der Waals surface area contributed by atoms with Gasteiger partial charge in [-0.05, 0) is 42.8 Å². The van der Waals surface area contributed by atoms with Crippen LogP contribution in [-0.4, -0.2) is 19.2 Å². The largest absolute Gasteiger partial charge is 0.424 e. The number of oxazole rings is 1. The molecule has 0 saturated heterocycles. The van der Waals surface area contributed by atoms with E-state index in [0.29, 0.717) is 23.1 Å². The van der Waals surface area contributed by atoms with Gasteiger partial charge in [-0.3, -0.25) is 0 Å². The van der Waals surface area contributed by atoms with Crippen molar-refractivity contribution in [1.82, 2.24) is 4.57 Å². The molecule has 6 nitrogen and oxygen atoms in total. The van der Waals surface area contributed by atoms with Gasteiger partial charge in [0.05, 0.1) is 23.0 Å². The molecule has 3 aromatic rings. The van der Waals surface area contributed by atoms with Crippen molar-refractivity contribution in [1.29, 1.82) is 5.26 Å². The molecule has 1 aromatic heterocycles. The molecule has 0 bridgehead atoms. The lowest BCUT2D eigenvalue weighted by atomic mass is 10.1. The van der Waals surface area contributed by atoms with Gasteiger partial charge in [-0.25, -0.2) is 26.6 Å². The fourth-order valence-electron chi connectivity index (χ4n) is 2.73. The summed E-state index contributed by atoms with van der Waals surface area (Å²) in [5, 5.41) is 9.01. The highest BCUT2D eigenvalue weighted by Crippen LogP contribution is 2.28. The summed E-state index contributed by atoms with van der Waals surface area (Å²) in [6.45, 7) is 1.67. The van der Waals surface area contributed by atoms with Crippen LogP contribution in [0, 0.1) is 29.9 Å². The first-order valence-electron chi connectivity index (χ1n) is 7.54. The highest BCUT2D eigenvalue weighted by Gasteiger charge is 2.23. The Morgan fingerprint density at radius 3 is 2.30 bits per heavy atom. The number of aromatic nitrogens is 1. The zero-order chi connectivity index (χ0) is 19.9. The minimum Gasteiger partial charge on any atom is -0.415 e. The summed E-state index contributed by atoms with van der Waals surface area (Å²) in [5.41, 5.74) is 1.28. The summed E-state index contributed by atoms with van der Waals surface area (Å²) < 4.78 is 57.4. The molecule has 0 amide bonds. The third-order valence-corrected chi connectivity index (χ3v) is 5.08. The summed E-state index contributed by atoms with van der Waals surface area (Å²) in [6.07, 6.45) is 1.71. The van der Waals surface area contributed by atoms with E-state index in [0.717, 1.165) is 23.0 Å². The summed E-state index contributed by atoms with van der Waals surface area (Å²) in [7, 11) is -4.11. The highest BCUT2D eigenvalue weighted by atomic mass is 32.2. The minimum absolute atomic E-state index is 0.0296. The maximum atomic E-state index is 14.2. The first kappa shape index (κ1) is 18.5. The number of halogens is 2. The SMILES string of the molecule is Cc1cc(-n2c(-c3cc(F)c(S(C)(=O)=O)c(F)c3)coc2=O)ccc1C#N. The molecule has 2 aromatic carbocycles. The van der Waals surface area contributed by atoms with Crippen molar-refractivity contribution in [2.75, 3.05) is 6.26 Å². The Labute approximate surface area is 152 Å². The third kappa shape index (κ3) is 3.27. The van der Waals surface area contributed by atoms with Crippen molar-refractivity contribution >= 4 is 9.84 Å². The first-order chi connectivity index (χ1) is 12.6. The molecular weight excluding hydrogens is 378 g/mol. The predicted molar refractivity (Wildman–Crippen MR) is 92.2 cm³/mol. The Hall–Kier alpha value is -3.25. The molecule has 0 fully saturated rings. The highest BCUT2D eigenvalue weighted by molar-refractivity contribution is 7.90. The van der Waals surface area contributed by atoms with Crippen LogP contribution in [0.4, 0.5) is 8.78 Å². The van der Waals surface area contributed by atoms with Crippen LogP contribution in [0.2, 0.25) is 0 Å². The molecule has 1 heterocycles. The van der Waals surface area contributed by atoms with Crippen LogP contribution < -0.4 is 5.76 Å². The molecule has 0 aliphatic heterocycles. The third-order valence-electron chi connectivity index (χ3n) is 3.95. The van der Waals surface area contributed by atoms with E-state index in [1.165, 1.54) is 12.1 Å². The van der Waals surface area contributed by atoms with Crippen LogP contribution in [0.15, 0.2) is 50.7 Å². The molecule has 27 heavy (non-hydrogen) atoms. The minimum atomic E-state index is -4.11. The fraction of sp³-hybridized carbons (Fsp3) is 0.111. The van der Waals surface area contributed by atoms with Gasteiger partial charge in [0.25, 0.3) is 0 Å². The van der Waals surface area contributed by atoms with E-state index in [1.54, 1.807) is 13.0 Å². The zero-order valence-electron chi connectivity index (χ0n) is 14.2. The molecule has 0 spiro atoms. The van der Waals surface area contributed by atoms with Crippen molar-refractivity contribution < 1.29 is 21.6 Å². The quantitative estimate of drug-likeness (QED) is 0.685. The molecule has 0 saturated carbocycles. The standard InChI is InChI=1S/C18H12F2N2O4S/c1-10-5-13(4-3-11(10)8-21)22-16(9-26-18(22)23)12-6-14(19)17(15(20)7-12)27(2,24)25/h3-7,9H,1-2H3. The van der Waals surface area contributed by atoms with E-state index in [4.69, 9.17) is 9.68 Å². The number of sulfone groups is 1. The lowest BCUT2D eigenvalue weighted by molar-refractivity contribution is 0.504. The lowest BCUT2D eigenvalue weighted by Crippen LogP contribution is -2.14. The second-order valence-electron chi connectivity index (χ2n) is 5.87. The van der Waals surface area contributed by atoms with Gasteiger partial charge in [-0.2, -0.15) is 5.26 Å². The van der Waals surface area contributed by atoms with Crippen LogP contribution in [0.25, 0.3) is 16.9 Å². The number of hydrogen-bond donors (Lipinski definition) is 0. The maximum Gasteiger partial charge on any atom is 0.424 e. The predicted octanol–water partition coefficient (Wildman–Crippen LogP) is 2.96. The Kier molecular flexibility index (Phi) is 4.45. The number of aryl methyl sites for hydroxylation is 1. The number of benzene rings is 2. The van der Waals surface area contributed by atoms with Crippen molar-refractivity contribution in [2.24, 2.45) is 0 Å². The van der Waals surface area contributed by atoms with Gasteiger partial charge in [0.2, 0.25) is 0 Å². The van der Waals surface area contributed by atoms with Gasteiger partial charge in [-0.1, -0.05) is 0 Å².